The average molecular weight is 406 g/mol. The molecule has 2 N–H and O–H groups in total. The van der Waals surface area contributed by atoms with Gasteiger partial charge in [-0.3, -0.25) is 9.69 Å². The minimum absolute atomic E-state index is 0.0652. The minimum Gasteiger partial charge on any atom is -0.399 e. The monoisotopic (exact) mass is 405 g/mol. The van der Waals surface area contributed by atoms with Gasteiger partial charge in [0.25, 0.3) is 5.91 Å². The predicted octanol–water partition coefficient (Wildman–Crippen LogP) is 2.58. The van der Waals surface area contributed by atoms with Crippen LogP contribution in [-0.2, 0) is 12.8 Å². The van der Waals surface area contributed by atoms with Gasteiger partial charge in [-0.1, -0.05) is 12.5 Å². The highest BCUT2D eigenvalue weighted by Crippen LogP contribution is 2.27. The number of pyridine rings is 1. The van der Waals surface area contributed by atoms with Crippen LogP contribution in [0.25, 0.3) is 0 Å². The topological polar surface area (TPSA) is 65.7 Å². The van der Waals surface area contributed by atoms with Crippen molar-refractivity contribution >= 4 is 17.4 Å². The molecule has 5 rings (SSSR count). The number of aromatic nitrogens is 1. The lowest BCUT2D eigenvalue weighted by Crippen LogP contribution is -2.52. The first-order valence-electron chi connectivity index (χ1n) is 11.3. The summed E-state index contributed by atoms with van der Waals surface area (Å²) in [4.78, 5) is 24.7. The molecule has 1 aromatic heterocycles. The Kier molecular flexibility index (Phi) is 5.34. The van der Waals surface area contributed by atoms with Crippen LogP contribution in [-0.4, -0.2) is 66.0 Å². The van der Waals surface area contributed by atoms with E-state index in [1.807, 2.05) is 29.3 Å². The van der Waals surface area contributed by atoms with Crippen molar-refractivity contribution in [1.29, 1.82) is 0 Å². The predicted molar refractivity (Wildman–Crippen MR) is 120 cm³/mol. The highest BCUT2D eigenvalue weighted by atomic mass is 16.2. The number of nitrogen functional groups attached to an aromatic ring is 1. The standard InChI is InChI=1S/C24H31N5O/c25-21-4-1-3-19(15-21)24(30)29-9-7-18-16-23(26-17-20(18)8-10-29)28-13-11-27(12-14-28)22-5-2-6-22/h1,3-4,15-17,22H,2,5-14,25H2. The van der Waals surface area contributed by atoms with Crippen LogP contribution >= 0.6 is 0 Å². The van der Waals surface area contributed by atoms with E-state index in [1.54, 1.807) is 6.07 Å². The van der Waals surface area contributed by atoms with Crippen LogP contribution in [0, 0.1) is 0 Å². The fourth-order valence-corrected chi connectivity index (χ4v) is 4.89. The molecule has 0 atom stereocenters. The Labute approximate surface area is 178 Å². The van der Waals surface area contributed by atoms with Gasteiger partial charge in [0.1, 0.15) is 5.82 Å². The maximum absolute atomic E-state index is 12.9. The summed E-state index contributed by atoms with van der Waals surface area (Å²) in [6, 6.07) is 10.4. The number of amides is 1. The maximum atomic E-state index is 12.9. The van der Waals surface area contributed by atoms with Gasteiger partial charge in [-0.2, -0.15) is 0 Å². The zero-order chi connectivity index (χ0) is 20.5. The zero-order valence-electron chi connectivity index (χ0n) is 17.6. The average Bonchev–Trinajstić information content (AvgIpc) is 2.95. The Balaban J connectivity index is 1.24. The molecule has 0 unspecified atom stereocenters. The lowest BCUT2D eigenvalue weighted by atomic mass is 9.91. The number of anilines is 2. The second-order valence-electron chi connectivity index (χ2n) is 8.84. The molecule has 3 aliphatic rings. The number of benzene rings is 1. The Bertz CT molecular complexity index is 918. The third kappa shape index (κ3) is 3.88. The maximum Gasteiger partial charge on any atom is 0.253 e. The highest BCUT2D eigenvalue weighted by Gasteiger charge is 2.28. The third-order valence-corrected chi connectivity index (χ3v) is 7.02. The molecule has 158 valence electrons. The van der Waals surface area contributed by atoms with Crippen LogP contribution in [0.4, 0.5) is 11.5 Å². The van der Waals surface area contributed by atoms with E-state index in [4.69, 9.17) is 10.7 Å². The first kappa shape index (κ1) is 19.4. The molecular weight excluding hydrogens is 374 g/mol. The molecule has 1 aliphatic carbocycles. The fourth-order valence-electron chi connectivity index (χ4n) is 4.89. The second-order valence-corrected chi connectivity index (χ2v) is 8.84. The van der Waals surface area contributed by atoms with Crippen molar-refractivity contribution in [3.63, 3.8) is 0 Å². The van der Waals surface area contributed by atoms with Crippen LogP contribution in [0.3, 0.4) is 0 Å². The SMILES string of the molecule is Nc1cccc(C(=O)N2CCc3cnc(N4CCN(C5CCC5)CC4)cc3CC2)c1. The highest BCUT2D eigenvalue weighted by molar-refractivity contribution is 5.95. The summed E-state index contributed by atoms with van der Waals surface area (Å²) in [7, 11) is 0. The van der Waals surface area contributed by atoms with Crippen molar-refractivity contribution in [3.05, 3.63) is 53.2 Å². The summed E-state index contributed by atoms with van der Waals surface area (Å²) in [5, 5.41) is 0. The summed E-state index contributed by atoms with van der Waals surface area (Å²) < 4.78 is 0. The Morgan fingerprint density at radius 3 is 2.43 bits per heavy atom. The van der Waals surface area contributed by atoms with Gasteiger partial charge in [0.2, 0.25) is 0 Å². The van der Waals surface area contributed by atoms with Crippen LogP contribution in [0.15, 0.2) is 36.5 Å². The van der Waals surface area contributed by atoms with E-state index in [-0.39, 0.29) is 5.91 Å². The van der Waals surface area contributed by atoms with Gasteiger partial charge in [0.05, 0.1) is 0 Å². The molecule has 2 aromatic rings. The van der Waals surface area contributed by atoms with Gasteiger partial charge in [-0.25, -0.2) is 4.98 Å². The molecule has 1 saturated heterocycles. The normalized spacial score (nSPS) is 20.4. The lowest BCUT2D eigenvalue weighted by Gasteiger charge is -2.43. The Morgan fingerprint density at radius 1 is 0.967 bits per heavy atom. The molecule has 1 saturated carbocycles. The van der Waals surface area contributed by atoms with Crippen molar-refractivity contribution < 1.29 is 4.79 Å². The Hall–Kier alpha value is -2.60. The Morgan fingerprint density at radius 2 is 1.73 bits per heavy atom. The molecule has 0 radical (unpaired) electrons. The van der Waals surface area contributed by atoms with Crippen LogP contribution < -0.4 is 10.6 Å². The van der Waals surface area contributed by atoms with E-state index in [2.05, 4.69) is 15.9 Å². The summed E-state index contributed by atoms with van der Waals surface area (Å²) >= 11 is 0. The molecule has 2 aliphatic heterocycles. The first-order valence-corrected chi connectivity index (χ1v) is 11.3. The molecule has 3 heterocycles. The van der Waals surface area contributed by atoms with Crippen molar-refractivity contribution in [3.8, 4) is 0 Å². The number of hydrogen-bond acceptors (Lipinski definition) is 5. The number of carbonyl (C=O) groups excluding carboxylic acids is 1. The lowest BCUT2D eigenvalue weighted by molar-refractivity contribution is 0.0763. The van der Waals surface area contributed by atoms with E-state index >= 15 is 0 Å². The molecule has 6 nitrogen and oxygen atoms in total. The quantitative estimate of drug-likeness (QED) is 0.795. The van der Waals surface area contributed by atoms with Crippen molar-refractivity contribution in [1.82, 2.24) is 14.8 Å². The molecule has 30 heavy (non-hydrogen) atoms. The smallest absolute Gasteiger partial charge is 0.253 e. The van der Waals surface area contributed by atoms with Gasteiger partial charge < -0.3 is 15.5 Å². The van der Waals surface area contributed by atoms with Crippen molar-refractivity contribution in [2.75, 3.05) is 49.9 Å². The zero-order valence-corrected chi connectivity index (χ0v) is 17.6. The van der Waals surface area contributed by atoms with Gasteiger partial charge >= 0.3 is 0 Å². The largest absolute Gasteiger partial charge is 0.399 e. The van der Waals surface area contributed by atoms with Crippen LogP contribution in [0.5, 0.6) is 0 Å². The number of carbonyl (C=O) groups is 1. The minimum atomic E-state index is 0.0652. The van der Waals surface area contributed by atoms with Gasteiger partial charge in [0.15, 0.2) is 0 Å². The molecule has 2 fully saturated rings. The van der Waals surface area contributed by atoms with Gasteiger partial charge in [-0.05, 0) is 61.1 Å². The number of nitrogens with two attached hydrogens (primary N) is 1. The number of fused-ring (bicyclic) bond motifs is 1. The second kappa shape index (κ2) is 8.26. The summed E-state index contributed by atoms with van der Waals surface area (Å²) in [5.74, 6) is 1.16. The molecule has 6 heteroatoms. The number of piperazine rings is 1. The number of nitrogens with zero attached hydrogens (tertiary/aromatic N) is 4. The summed E-state index contributed by atoms with van der Waals surface area (Å²) in [6.07, 6.45) is 7.92. The summed E-state index contributed by atoms with van der Waals surface area (Å²) in [6.45, 7) is 5.86. The summed E-state index contributed by atoms with van der Waals surface area (Å²) in [5.41, 5.74) is 9.77. The molecule has 1 amide bonds. The third-order valence-electron chi connectivity index (χ3n) is 7.02. The molecule has 0 spiro atoms. The van der Waals surface area contributed by atoms with E-state index in [0.717, 1.165) is 64.0 Å². The molecule has 0 bridgehead atoms. The van der Waals surface area contributed by atoms with Crippen molar-refractivity contribution in [2.45, 2.75) is 38.1 Å². The number of rotatable bonds is 3. The van der Waals surface area contributed by atoms with E-state index in [0.29, 0.717) is 11.3 Å². The van der Waals surface area contributed by atoms with E-state index in [9.17, 15) is 4.79 Å². The van der Waals surface area contributed by atoms with E-state index in [1.165, 1.54) is 30.4 Å². The van der Waals surface area contributed by atoms with Crippen LogP contribution in [0.1, 0.15) is 40.7 Å². The first-order chi connectivity index (χ1) is 14.7. The van der Waals surface area contributed by atoms with Gasteiger partial charge in [0, 0.05) is 62.8 Å². The molecular formula is C24H31N5O. The van der Waals surface area contributed by atoms with Crippen molar-refractivity contribution in [2.24, 2.45) is 0 Å². The van der Waals surface area contributed by atoms with E-state index < -0.39 is 0 Å². The van der Waals surface area contributed by atoms with Crippen LogP contribution in [0.2, 0.25) is 0 Å². The fraction of sp³-hybridized carbons (Fsp3) is 0.500. The molecule has 1 aromatic carbocycles. The van der Waals surface area contributed by atoms with Gasteiger partial charge in [-0.15, -0.1) is 0 Å². The number of hydrogen-bond donors (Lipinski definition) is 1.